The van der Waals surface area contributed by atoms with Gasteiger partial charge in [-0.15, -0.1) is 0 Å². The summed E-state index contributed by atoms with van der Waals surface area (Å²) < 4.78 is 31.2. The fourth-order valence-electron chi connectivity index (χ4n) is 2.47. The van der Waals surface area contributed by atoms with Gasteiger partial charge in [0, 0.05) is 19.1 Å². The van der Waals surface area contributed by atoms with E-state index >= 15 is 0 Å². The van der Waals surface area contributed by atoms with Crippen LogP contribution in [-0.2, 0) is 19.6 Å². The van der Waals surface area contributed by atoms with Crippen molar-refractivity contribution in [2.24, 2.45) is 0 Å². The second-order valence-electron chi connectivity index (χ2n) is 6.09. The highest BCUT2D eigenvalue weighted by molar-refractivity contribution is 7.89. The molecule has 1 aromatic carbocycles. The lowest BCUT2D eigenvalue weighted by atomic mass is 10.2. The highest BCUT2D eigenvalue weighted by atomic mass is 32.2. The smallest absolute Gasteiger partial charge is 0.338 e. The molecule has 0 aliphatic carbocycles. The van der Waals surface area contributed by atoms with Crippen LogP contribution >= 0.6 is 0 Å². The Morgan fingerprint density at radius 2 is 1.80 bits per heavy atom. The van der Waals surface area contributed by atoms with Gasteiger partial charge in [0.1, 0.15) is 0 Å². The number of benzene rings is 1. The molecule has 1 aliphatic heterocycles. The Balaban J connectivity index is 1.95. The Hall–Kier alpha value is -1.93. The maximum Gasteiger partial charge on any atom is 0.338 e. The van der Waals surface area contributed by atoms with Gasteiger partial charge in [-0.1, -0.05) is 6.92 Å². The summed E-state index contributed by atoms with van der Waals surface area (Å²) in [6.45, 7) is 4.49. The van der Waals surface area contributed by atoms with Crippen LogP contribution in [0.3, 0.4) is 0 Å². The molecule has 138 valence electrons. The molecule has 0 bridgehead atoms. The minimum Gasteiger partial charge on any atom is -0.452 e. The third-order valence-electron chi connectivity index (χ3n) is 4.15. The number of carbonyl (C=O) groups is 2. The number of ether oxygens (including phenoxy) is 1. The van der Waals surface area contributed by atoms with Gasteiger partial charge in [0.25, 0.3) is 5.91 Å². The van der Waals surface area contributed by atoms with Crippen LogP contribution in [0.25, 0.3) is 0 Å². The maximum atomic E-state index is 12.4. The summed E-state index contributed by atoms with van der Waals surface area (Å²) in [5, 5.41) is 2.70. The first-order valence-corrected chi connectivity index (χ1v) is 9.85. The lowest BCUT2D eigenvalue weighted by Crippen LogP contribution is -2.35. The average Bonchev–Trinajstić information content (AvgIpc) is 3.15. The summed E-state index contributed by atoms with van der Waals surface area (Å²) in [6, 6.07) is 5.60. The standard InChI is InChI=1S/C17H24N2O5S/c1-3-13(2)18-16(20)12-24-17(21)14-6-8-15(9-7-14)25(22,23)19-10-4-5-11-19/h6-9,13H,3-5,10-12H2,1-2H3,(H,18,20). The number of nitrogens with one attached hydrogen (secondary N) is 1. The second kappa shape index (κ2) is 8.44. The molecule has 0 radical (unpaired) electrons. The molecule has 1 aromatic rings. The normalized spacial score (nSPS) is 16.4. The molecule has 1 fully saturated rings. The van der Waals surface area contributed by atoms with Gasteiger partial charge in [0.2, 0.25) is 10.0 Å². The number of hydrogen-bond acceptors (Lipinski definition) is 5. The SMILES string of the molecule is CCC(C)NC(=O)COC(=O)c1ccc(S(=O)(=O)N2CCCC2)cc1. The number of esters is 1. The molecule has 1 saturated heterocycles. The van der Waals surface area contributed by atoms with Crippen molar-refractivity contribution in [3.8, 4) is 0 Å². The van der Waals surface area contributed by atoms with Crippen molar-refractivity contribution in [2.45, 2.75) is 44.0 Å². The summed E-state index contributed by atoms with van der Waals surface area (Å²) >= 11 is 0. The van der Waals surface area contributed by atoms with Crippen LogP contribution in [-0.4, -0.2) is 50.3 Å². The predicted octanol–water partition coefficient (Wildman–Crippen LogP) is 1.54. The molecular weight excluding hydrogens is 344 g/mol. The third kappa shape index (κ3) is 5.02. The van der Waals surface area contributed by atoms with E-state index in [1.165, 1.54) is 28.6 Å². The second-order valence-corrected chi connectivity index (χ2v) is 8.03. The molecule has 2 rings (SSSR count). The zero-order valence-electron chi connectivity index (χ0n) is 14.5. The first kappa shape index (κ1) is 19.4. The molecule has 7 nitrogen and oxygen atoms in total. The van der Waals surface area contributed by atoms with E-state index in [1.807, 2.05) is 13.8 Å². The number of carbonyl (C=O) groups excluding carboxylic acids is 2. The molecular formula is C17H24N2O5S. The van der Waals surface area contributed by atoms with E-state index < -0.39 is 16.0 Å². The van der Waals surface area contributed by atoms with Gasteiger partial charge >= 0.3 is 5.97 Å². The van der Waals surface area contributed by atoms with Crippen LogP contribution in [0.5, 0.6) is 0 Å². The minimum absolute atomic E-state index is 0.0151. The maximum absolute atomic E-state index is 12.4. The molecule has 8 heteroatoms. The van der Waals surface area contributed by atoms with Crippen LogP contribution in [0, 0.1) is 0 Å². The number of amides is 1. The topological polar surface area (TPSA) is 92.8 Å². The summed E-state index contributed by atoms with van der Waals surface area (Å²) in [5.74, 6) is -1.03. The van der Waals surface area contributed by atoms with Crippen molar-refractivity contribution >= 4 is 21.9 Å². The summed E-state index contributed by atoms with van der Waals surface area (Å²) in [6.07, 6.45) is 2.51. The van der Waals surface area contributed by atoms with E-state index in [0.29, 0.717) is 13.1 Å². The molecule has 0 aromatic heterocycles. The molecule has 1 atom stereocenters. The molecule has 1 amide bonds. The first-order valence-electron chi connectivity index (χ1n) is 8.41. The summed E-state index contributed by atoms with van der Waals surface area (Å²) in [4.78, 5) is 23.7. The van der Waals surface area contributed by atoms with Crippen molar-refractivity contribution in [1.82, 2.24) is 9.62 Å². The Morgan fingerprint density at radius 1 is 1.20 bits per heavy atom. The molecule has 0 spiro atoms. The first-order chi connectivity index (χ1) is 11.8. The number of rotatable bonds is 7. The average molecular weight is 368 g/mol. The van der Waals surface area contributed by atoms with E-state index in [9.17, 15) is 18.0 Å². The highest BCUT2D eigenvalue weighted by Crippen LogP contribution is 2.21. The van der Waals surface area contributed by atoms with E-state index in [2.05, 4.69) is 5.32 Å². The summed E-state index contributed by atoms with van der Waals surface area (Å²) in [7, 11) is -3.51. The van der Waals surface area contributed by atoms with Gasteiger partial charge in [-0.25, -0.2) is 13.2 Å². The largest absolute Gasteiger partial charge is 0.452 e. The van der Waals surface area contributed by atoms with Crippen LogP contribution in [0.1, 0.15) is 43.5 Å². The van der Waals surface area contributed by atoms with E-state index in [0.717, 1.165) is 19.3 Å². The molecule has 1 N–H and O–H groups in total. The minimum atomic E-state index is -3.51. The van der Waals surface area contributed by atoms with Crippen molar-refractivity contribution in [3.05, 3.63) is 29.8 Å². The zero-order valence-corrected chi connectivity index (χ0v) is 15.3. The summed E-state index contributed by atoms with van der Waals surface area (Å²) in [5.41, 5.74) is 0.205. The lowest BCUT2D eigenvalue weighted by Gasteiger charge is -2.15. The molecule has 25 heavy (non-hydrogen) atoms. The predicted molar refractivity (Wildman–Crippen MR) is 92.6 cm³/mol. The van der Waals surface area contributed by atoms with Crippen LogP contribution < -0.4 is 5.32 Å². The Kier molecular flexibility index (Phi) is 6.55. The van der Waals surface area contributed by atoms with E-state index in [-0.39, 0.29) is 29.0 Å². The van der Waals surface area contributed by atoms with Crippen LogP contribution in [0.15, 0.2) is 29.2 Å². The van der Waals surface area contributed by atoms with Crippen molar-refractivity contribution in [3.63, 3.8) is 0 Å². The van der Waals surface area contributed by atoms with Gasteiger partial charge in [0.05, 0.1) is 10.5 Å². The highest BCUT2D eigenvalue weighted by Gasteiger charge is 2.27. The van der Waals surface area contributed by atoms with E-state index in [4.69, 9.17) is 4.74 Å². The molecule has 0 saturated carbocycles. The van der Waals surface area contributed by atoms with Gasteiger partial charge in [-0.3, -0.25) is 4.79 Å². The van der Waals surface area contributed by atoms with E-state index in [1.54, 1.807) is 0 Å². The monoisotopic (exact) mass is 368 g/mol. The van der Waals surface area contributed by atoms with Gasteiger partial charge in [-0.2, -0.15) is 4.31 Å². The lowest BCUT2D eigenvalue weighted by molar-refractivity contribution is -0.124. The zero-order chi connectivity index (χ0) is 18.4. The van der Waals surface area contributed by atoms with Gasteiger partial charge in [-0.05, 0) is 50.5 Å². The van der Waals surface area contributed by atoms with Gasteiger partial charge in [0.15, 0.2) is 6.61 Å². The van der Waals surface area contributed by atoms with Crippen LogP contribution in [0.4, 0.5) is 0 Å². The Bertz CT molecular complexity index is 709. The quantitative estimate of drug-likeness (QED) is 0.737. The van der Waals surface area contributed by atoms with Crippen molar-refractivity contribution in [2.75, 3.05) is 19.7 Å². The Labute approximate surface area is 148 Å². The third-order valence-corrected chi connectivity index (χ3v) is 6.06. The Morgan fingerprint density at radius 3 is 2.36 bits per heavy atom. The van der Waals surface area contributed by atoms with Crippen molar-refractivity contribution < 1.29 is 22.7 Å². The van der Waals surface area contributed by atoms with Crippen molar-refractivity contribution in [1.29, 1.82) is 0 Å². The molecule has 1 unspecified atom stereocenters. The number of nitrogens with zero attached hydrogens (tertiary/aromatic N) is 1. The molecule has 1 aliphatic rings. The number of sulfonamides is 1. The fraction of sp³-hybridized carbons (Fsp3) is 0.529. The number of hydrogen-bond donors (Lipinski definition) is 1. The van der Waals surface area contributed by atoms with Crippen LogP contribution in [0.2, 0.25) is 0 Å². The van der Waals surface area contributed by atoms with Gasteiger partial charge < -0.3 is 10.1 Å². The fourth-order valence-corrected chi connectivity index (χ4v) is 3.99. The molecule has 1 heterocycles.